The van der Waals surface area contributed by atoms with Gasteiger partial charge in [-0.2, -0.15) is 0 Å². The second kappa shape index (κ2) is 14.1. The molecule has 0 radical (unpaired) electrons. The molecule has 1 aliphatic rings. The number of aryl methyl sites for hydroxylation is 1. The molecule has 0 saturated carbocycles. The van der Waals surface area contributed by atoms with Crippen molar-refractivity contribution in [1.29, 1.82) is 0 Å². The van der Waals surface area contributed by atoms with E-state index in [2.05, 4.69) is 83.0 Å². The average Bonchev–Trinajstić information content (AvgIpc) is 3.60. The number of hydrogen-bond acceptors (Lipinski definition) is 5. The van der Waals surface area contributed by atoms with Crippen LogP contribution in [-0.2, 0) is 4.79 Å². The molecule has 8 nitrogen and oxygen atoms in total. The number of carbonyl (C=O) groups is 1. The fourth-order valence-electron chi connectivity index (χ4n) is 6.40. The first-order valence-electron chi connectivity index (χ1n) is 16.0. The van der Waals surface area contributed by atoms with Crippen LogP contribution in [0.3, 0.4) is 0 Å². The van der Waals surface area contributed by atoms with Gasteiger partial charge in [0.15, 0.2) is 11.7 Å². The van der Waals surface area contributed by atoms with Gasteiger partial charge in [0.1, 0.15) is 5.75 Å². The van der Waals surface area contributed by atoms with Crippen molar-refractivity contribution in [3.63, 3.8) is 0 Å². The van der Waals surface area contributed by atoms with E-state index in [1.54, 1.807) is 0 Å². The van der Waals surface area contributed by atoms with Gasteiger partial charge < -0.3 is 29.7 Å². The van der Waals surface area contributed by atoms with Gasteiger partial charge in [0.25, 0.3) is 5.91 Å². The van der Waals surface area contributed by atoms with Crippen LogP contribution in [0.15, 0.2) is 109 Å². The number of benzene rings is 3. The van der Waals surface area contributed by atoms with E-state index in [-0.39, 0.29) is 24.6 Å². The van der Waals surface area contributed by atoms with E-state index < -0.39 is 0 Å². The molecule has 3 aromatic carbocycles. The maximum atomic E-state index is 12.6. The summed E-state index contributed by atoms with van der Waals surface area (Å²) in [5, 5.41) is 7.11. The normalized spacial score (nSPS) is 15.7. The van der Waals surface area contributed by atoms with Crippen LogP contribution < -0.4 is 25.2 Å². The predicted octanol–water partition coefficient (Wildman–Crippen LogP) is 7.53. The fraction of sp³-hybridized carbons (Fsp3) is 0.237. The highest BCUT2D eigenvalue weighted by Gasteiger charge is 2.42. The van der Waals surface area contributed by atoms with Crippen molar-refractivity contribution in [2.45, 2.75) is 39.8 Å². The van der Waals surface area contributed by atoms with Crippen molar-refractivity contribution >= 4 is 40.3 Å². The number of anilines is 3. The molecule has 1 aliphatic heterocycles. The van der Waals surface area contributed by atoms with Crippen LogP contribution in [-0.4, -0.2) is 40.3 Å². The number of para-hydroxylation sites is 1. The van der Waals surface area contributed by atoms with Gasteiger partial charge in [-0.25, -0.2) is 0 Å². The summed E-state index contributed by atoms with van der Waals surface area (Å²) in [5.41, 5.74) is 8.29. The van der Waals surface area contributed by atoms with Gasteiger partial charge in [-0.3, -0.25) is 9.78 Å². The number of ether oxygens (including phenoxy) is 1. The molecular weight excluding hydrogens is 605 g/mol. The summed E-state index contributed by atoms with van der Waals surface area (Å²) in [6.45, 7) is 10.5. The largest absolute Gasteiger partial charge is 0.484 e. The van der Waals surface area contributed by atoms with Crippen molar-refractivity contribution < 1.29 is 9.53 Å². The van der Waals surface area contributed by atoms with Crippen molar-refractivity contribution in [2.24, 2.45) is 0 Å². The summed E-state index contributed by atoms with van der Waals surface area (Å²) in [4.78, 5) is 21.8. The molecule has 2 unspecified atom stereocenters. The van der Waals surface area contributed by atoms with Crippen LogP contribution in [0.5, 0.6) is 5.75 Å². The molecule has 5 aromatic rings. The number of nitrogens with zero attached hydrogens (tertiary/aromatic N) is 4. The Kier molecular flexibility index (Phi) is 9.54. The Hall–Kier alpha value is -5.15. The highest BCUT2D eigenvalue weighted by atomic mass is 32.1. The van der Waals surface area contributed by atoms with E-state index in [1.807, 2.05) is 79.0 Å². The van der Waals surface area contributed by atoms with Gasteiger partial charge in [-0.05, 0) is 124 Å². The van der Waals surface area contributed by atoms with Crippen LogP contribution in [0, 0.1) is 13.8 Å². The standard InChI is InChI=1S/C38H40N6O2S/c1-5-42(6-2)29-19-21-30(22-20-29)43-26(3)24-33(27(43)4)37-36(34-14-10-11-23-39-34)41-38(47)44(37)31-17-15-28(16-18-31)40-35(45)25-46-32-12-8-7-9-13-32/h7-24,36-37H,5-6,25H2,1-4H3,(H,40,45)(H,41,47). The molecule has 2 aromatic heterocycles. The summed E-state index contributed by atoms with van der Waals surface area (Å²) in [6.07, 6.45) is 1.82. The molecule has 240 valence electrons. The number of aromatic nitrogens is 2. The van der Waals surface area contributed by atoms with Gasteiger partial charge in [0, 0.05) is 53.4 Å². The number of amides is 1. The monoisotopic (exact) mass is 644 g/mol. The number of rotatable bonds is 11. The van der Waals surface area contributed by atoms with E-state index in [9.17, 15) is 4.79 Å². The Morgan fingerprint density at radius 2 is 1.60 bits per heavy atom. The predicted molar refractivity (Wildman–Crippen MR) is 194 cm³/mol. The minimum Gasteiger partial charge on any atom is -0.484 e. The van der Waals surface area contributed by atoms with E-state index in [0.29, 0.717) is 16.5 Å². The van der Waals surface area contributed by atoms with Crippen molar-refractivity contribution in [3.8, 4) is 11.4 Å². The van der Waals surface area contributed by atoms with Crippen molar-refractivity contribution in [3.05, 3.63) is 132 Å². The molecule has 0 bridgehead atoms. The molecule has 0 spiro atoms. The number of hydrogen-bond donors (Lipinski definition) is 2. The molecule has 2 N–H and O–H groups in total. The topological polar surface area (TPSA) is 74.7 Å². The maximum Gasteiger partial charge on any atom is 0.262 e. The maximum absolute atomic E-state index is 12.6. The number of nitrogens with one attached hydrogen (secondary N) is 2. The summed E-state index contributed by atoms with van der Waals surface area (Å²) in [7, 11) is 0. The Bertz CT molecular complexity index is 1820. The second-order valence-corrected chi connectivity index (χ2v) is 11.9. The average molecular weight is 645 g/mol. The van der Waals surface area contributed by atoms with Crippen LogP contribution >= 0.6 is 12.2 Å². The van der Waals surface area contributed by atoms with E-state index >= 15 is 0 Å². The molecule has 2 atom stereocenters. The molecule has 1 saturated heterocycles. The number of carbonyl (C=O) groups excluding carboxylic acids is 1. The van der Waals surface area contributed by atoms with Crippen LogP contribution in [0.2, 0.25) is 0 Å². The SMILES string of the molecule is CCN(CC)c1ccc(-n2c(C)cc(C3C(c4ccccn4)NC(=S)N3c3ccc(NC(=O)COc4ccccc4)cc3)c2C)cc1. The molecular formula is C38H40N6O2S. The van der Waals surface area contributed by atoms with E-state index in [1.165, 1.54) is 5.69 Å². The lowest BCUT2D eigenvalue weighted by Crippen LogP contribution is -2.29. The fourth-order valence-corrected chi connectivity index (χ4v) is 6.75. The molecule has 3 heterocycles. The number of thiocarbonyl (C=S) groups is 1. The van der Waals surface area contributed by atoms with Gasteiger partial charge in [-0.1, -0.05) is 24.3 Å². The zero-order chi connectivity index (χ0) is 32.9. The lowest BCUT2D eigenvalue weighted by atomic mass is 9.96. The summed E-state index contributed by atoms with van der Waals surface area (Å²) in [6, 6.07) is 33.8. The quantitative estimate of drug-likeness (QED) is 0.144. The summed E-state index contributed by atoms with van der Waals surface area (Å²) in [5.74, 6) is 0.420. The lowest BCUT2D eigenvalue weighted by molar-refractivity contribution is -0.118. The Labute approximate surface area is 282 Å². The van der Waals surface area contributed by atoms with Gasteiger partial charge in [0.05, 0.1) is 17.8 Å². The molecule has 0 aliphatic carbocycles. The zero-order valence-electron chi connectivity index (χ0n) is 27.2. The molecule has 9 heteroatoms. The van der Waals surface area contributed by atoms with Crippen molar-refractivity contribution in [1.82, 2.24) is 14.9 Å². The molecule has 1 amide bonds. The lowest BCUT2D eigenvalue weighted by Gasteiger charge is -2.28. The summed E-state index contributed by atoms with van der Waals surface area (Å²) >= 11 is 5.99. The molecule has 6 rings (SSSR count). The van der Waals surface area contributed by atoms with Crippen LogP contribution in [0.4, 0.5) is 17.1 Å². The third-order valence-corrected chi connectivity index (χ3v) is 8.98. The summed E-state index contributed by atoms with van der Waals surface area (Å²) < 4.78 is 7.91. The number of pyridine rings is 1. The van der Waals surface area contributed by atoms with Gasteiger partial charge in [0.2, 0.25) is 0 Å². The van der Waals surface area contributed by atoms with Crippen LogP contribution in [0.25, 0.3) is 5.69 Å². The smallest absolute Gasteiger partial charge is 0.262 e. The Morgan fingerprint density at radius 3 is 2.26 bits per heavy atom. The van der Waals surface area contributed by atoms with Gasteiger partial charge >= 0.3 is 0 Å². The highest BCUT2D eigenvalue weighted by molar-refractivity contribution is 7.80. The highest BCUT2D eigenvalue weighted by Crippen LogP contribution is 2.44. The van der Waals surface area contributed by atoms with Crippen molar-refractivity contribution in [2.75, 3.05) is 34.8 Å². The Morgan fingerprint density at radius 1 is 0.915 bits per heavy atom. The first-order valence-corrected chi connectivity index (χ1v) is 16.4. The third kappa shape index (κ3) is 6.71. The first-order chi connectivity index (χ1) is 22.9. The minimum absolute atomic E-state index is 0.0759. The van der Waals surface area contributed by atoms with Crippen LogP contribution in [0.1, 0.15) is 48.6 Å². The minimum atomic E-state index is -0.231. The van der Waals surface area contributed by atoms with Gasteiger partial charge in [-0.15, -0.1) is 0 Å². The third-order valence-electron chi connectivity index (χ3n) is 8.67. The molecule has 47 heavy (non-hydrogen) atoms. The first kappa shape index (κ1) is 31.8. The van der Waals surface area contributed by atoms with E-state index in [0.717, 1.165) is 47.1 Å². The van der Waals surface area contributed by atoms with E-state index in [4.69, 9.17) is 21.9 Å². The second-order valence-electron chi connectivity index (χ2n) is 11.5. The molecule has 1 fully saturated rings. The Balaban J connectivity index is 1.30. The zero-order valence-corrected chi connectivity index (χ0v) is 28.0.